The van der Waals surface area contributed by atoms with Crippen LogP contribution in [0.4, 0.5) is 0 Å². The average molecular weight is 425 g/mol. The zero-order chi connectivity index (χ0) is 15.1. The van der Waals surface area contributed by atoms with E-state index >= 15 is 0 Å². The summed E-state index contributed by atoms with van der Waals surface area (Å²) in [7, 11) is 1.83. The van der Waals surface area contributed by atoms with Crippen molar-refractivity contribution in [1.29, 1.82) is 0 Å². The number of hydrogen-bond acceptors (Lipinski definition) is 3. The quantitative estimate of drug-likeness (QED) is 0.285. The van der Waals surface area contributed by atoms with Crippen LogP contribution in [-0.2, 0) is 9.47 Å². The molecule has 2 N–H and O–H groups in total. The molecule has 2 unspecified atom stereocenters. The molecule has 1 spiro atoms. The third kappa shape index (κ3) is 4.47. The van der Waals surface area contributed by atoms with Crippen LogP contribution >= 0.6 is 24.0 Å². The van der Waals surface area contributed by atoms with Crippen molar-refractivity contribution in [2.75, 3.05) is 33.4 Å². The number of aliphatic imine (C=N–C) groups is 1. The molecule has 0 aromatic heterocycles. The van der Waals surface area contributed by atoms with Gasteiger partial charge in [-0.25, -0.2) is 0 Å². The van der Waals surface area contributed by atoms with Crippen LogP contribution in [0.15, 0.2) is 4.99 Å². The van der Waals surface area contributed by atoms with Gasteiger partial charge in [-0.05, 0) is 33.1 Å². The van der Waals surface area contributed by atoms with E-state index in [1.54, 1.807) is 0 Å². The highest BCUT2D eigenvalue weighted by molar-refractivity contribution is 14.0. The van der Waals surface area contributed by atoms with E-state index in [0.29, 0.717) is 24.2 Å². The molecule has 0 heterocycles. The van der Waals surface area contributed by atoms with Gasteiger partial charge in [0, 0.05) is 38.3 Å². The van der Waals surface area contributed by atoms with E-state index in [1.807, 2.05) is 14.0 Å². The molecule has 0 amide bonds. The highest BCUT2D eigenvalue weighted by Crippen LogP contribution is 2.54. The third-order valence-electron chi connectivity index (χ3n) is 4.96. The molecule has 0 aromatic rings. The maximum absolute atomic E-state index is 5.95. The average Bonchev–Trinajstić information content (AvgIpc) is 3.01. The van der Waals surface area contributed by atoms with Crippen LogP contribution in [0.5, 0.6) is 0 Å². The molecular formula is C16H32IN3O2. The Morgan fingerprint density at radius 2 is 1.95 bits per heavy atom. The lowest BCUT2D eigenvalue weighted by molar-refractivity contribution is -0.125. The van der Waals surface area contributed by atoms with E-state index in [2.05, 4.69) is 22.5 Å². The maximum Gasteiger partial charge on any atom is 0.191 e. The fourth-order valence-corrected chi connectivity index (χ4v) is 3.83. The third-order valence-corrected chi connectivity index (χ3v) is 4.96. The molecule has 0 bridgehead atoms. The van der Waals surface area contributed by atoms with Crippen molar-refractivity contribution in [2.45, 2.75) is 58.1 Å². The van der Waals surface area contributed by atoms with Gasteiger partial charge in [0.2, 0.25) is 0 Å². The summed E-state index contributed by atoms with van der Waals surface area (Å²) in [5.41, 5.74) is 0.341. The first-order chi connectivity index (χ1) is 10.3. The molecule has 0 aromatic carbocycles. The topological polar surface area (TPSA) is 54.9 Å². The molecule has 2 fully saturated rings. The Balaban J connectivity index is 0.00000242. The van der Waals surface area contributed by atoms with Gasteiger partial charge in [0.1, 0.15) is 0 Å². The fourth-order valence-electron chi connectivity index (χ4n) is 3.83. The summed E-state index contributed by atoms with van der Waals surface area (Å²) in [6, 6.07) is 0.495. The van der Waals surface area contributed by atoms with E-state index in [9.17, 15) is 0 Å². The molecule has 2 aliphatic rings. The van der Waals surface area contributed by atoms with Gasteiger partial charge < -0.3 is 20.1 Å². The van der Waals surface area contributed by atoms with Crippen molar-refractivity contribution in [3.8, 4) is 0 Å². The molecule has 22 heavy (non-hydrogen) atoms. The lowest BCUT2D eigenvalue weighted by Gasteiger charge is -2.54. The lowest BCUT2D eigenvalue weighted by atomic mass is 9.60. The number of rotatable bonds is 7. The number of halogens is 1. The van der Waals surface area contributed by atoms with Crippen molar-refractivity contribution >= 4 is 29.9 Å². The first-order valence-corrected chi connectivity index (χ1v) is 8.43. The van der Waals surface area contributed by atoms with Gasteiger partial charge in [-0.1, -0.05) is 12.8 Å². The first kappa shape index (κ1) is 20.0. The van der Waals surface area contributed by atoms with Crippen LogP contribution in [0.25, 0.3) is 0 Å². The van der Waals surface area contributed by atoms with Gasteiger partial charge >= 0.3 is 0 Å². The Morgan fingerprint density at radius 3 is 2.55 bits per heavy atom. The Kier molecular flexibility index (Phi) is 9.01. The number of ether oxygens (including phenoxy) is 2. The van der Waals surface area contributed by atoms with Crippen LogP contribution in [0.1, 0.15) is 46.0 Å². The molecule has 2 saturated carbocycles. The second-order valence-electron chi connectivity index (χ2n) is 6.01. The predicted molar refractivity (Wildman–Crippen MR) is 101 cm³/mol. The van der Waals surface area contributed by atoms with Gasteiger partial charge in [-0.2, -0.15) is 0 Å². The van der Waals surface area contributed by atoms with Crippen molar-refractivity contribution < 1.29 is 9.47 Å². The van der Waals surface area contributed by atoms with Crippen LogP contribution in [0.3, 0.4) is 0 Å². The summed E-state index contributed by atoms with van der Waals surface area (Å²) in [5, 5.41) is 6.93. The zero-order valence-corrected chi connectivity index (χ0v) is 16.5. The minimum atomic E-state index is 0. The summed E-state index contributed by atoms with van der Waals surface area (Å²) in [6.07, 6.45) is 6.76. The minimum absolute atomic E-state index is 0. The Bertz CT molecular complexity index is 346. The molecule has 0 aliphatic heterocycles. The van der Waals surface area contributed by atoms with Gasteiger partial charge in [-0.3, -0.25) is 4.99 Å². The number of guanidine groups is 1. The highest BCUT2D eigenvalue weighted by atomic mass is 127. The molecule has 2 atom stereocenters. The highest BCUT2D eigenvalue weighted by Gasteiger charge is 2.56. The van der Waals surface area contributed by atoms with Crippen molar-refractivity contribution in [3.63, 3.8) is 0 Å². The standard InChI is InChI=1S/C16H31N3O2.HI/c1-4-20-11-10-18-15(17-3)19-13-12-14(21-5-2)16(13)8-6-7-9-16;/h13-14H,4-12H2,1-3H3,(H2,17,18,19);1H. The molecule has 0 radical (unpaired) electrons. The second-order valence-corrected chi connectivity index (χ2v) is 6.01. The second kappa shape index (κ2) is 9.93. The van der Waals surface area contributed by atoms with Crippen molar-refractivity contribution in [2.24, 2.45) is 10.4 Å². The maximum atomic E-state index is 5.95. The lowest BCUT2D eigenvalue weighted by Crippen LogP contribution is -2.65. The largest absolute Gasteiger partial charge is 0.380 e. The summed E-state index contributed by atoms with van der Waals surface area (Å²) >= 11 is 0. The van der Waals surface area contributed by atoms with Crippen LogP contribution < -0.4 is 10.6 Å². The Morgan fingerprint density at radius 1 is 1.23 bits per heavy atom. The molecule has 130 valence electrons. The minimum Gasteiger partial charge on any atom is -0.380 e. The van der Waals surface area contributed by atoms with E-state index in [1.165, 1.54) is 25.7 Å². The van der Waals surface area contributed by atoms with Crippen LogP contribution in [-0.4, -0.2) is 51.5 Å². The molecule has 6 heteroatoms. The Labute approximate surface area is 152 Å². The van der Waals surface area contributed by atoms with Crippen molar-refractivity contribution in [3.05, 3.63) is 0 Å². The SMILES string of the molecule is CCOCCNC(=NC)NC1CC(OCC)C12CCCC2.I. The normalized spacial score (nSPS) is 26.4. The molecule has 0 saturated heterocycles. The molecular weight excluding hydrogens is 393 g/mol. The number of nitrogens with zero attached hydrogens (tertiary/aromatic N) is 1. The molecule has 2 rings (SSSR count). The number of nitrogens with one attached hydrogen (secondary N) is 2. The monoisotopic (exact) mass is 425 g/mol. The summed E-state index contributed by atoms with van der Waals surface area (Å²) < 4.78 is 11.3. The van der Waals surface area contributed by atoms with Crippen LogP contribution in [0, 0.1) is 5.41 Å². The predicted octanol–water partition coefficient (Wildman–Crippen LogP) is 2.54. The number of hydrogen-bond donors (Lipinski definition) is 2. The van der Waals surface area contributed by atoms with Gasteiger partial charge in [0.05, 0.1) is 12.7 Å². The van der Waals surface area contributed by atoms with Gasteiger partial charge in [0.15, 0.2) is 5.96 Å². The van der Waals surface area contributed by atoms with Crippen molar-refractivity contribution in [1.82, 2.24) is 10.6 Å². The zero-order valence-electron chi connectivity index (χ0n) is 14.2. The Hall–Kier alpha value is -0.0800. The van der Waals surface area contributed by atoms with Gasteiger partial charge in [-0.15, -0.1) is 24.0 Å². The van der Waals surface area contributed by atoms with Gasteiger partial charge in [0.25, 0.3) is 0 Å². The molecule has 5 nitrogen and oxygen atoms in total. The van der Waals surface area contributed by atoms with Crippen LogP contribution in [0.2, 0.25) is 0 Å². The first-order valence-electron chi connectivity index (χ1n) is 8.43. The molecule has 2 aliphatic carbocycles. The summed E-state index contributed by atoms with van der Waals surface area (Å²) in [6.45, 7) is 7.20. The summed E-state index contributed by atoms with van der Waals surface area (Å²) in [4.78, 5) is 4.33. The summed E-state index contributed by atoms with van der Waals surface area (Å²) in [5.74, 6) is 0.890. The smallest absolute Gasteiger partial charge is 0.191 e. The van der Waals surface area contributed by atoms with E-state index in [4.69, 9.17) is 9.47 Å². The fraction of sp³-hybridized carbons (Fsp3) is 0.938. The van der Waals surface area contributed by atoms with E-state index < -0.39 is 0 Å². The van der Waals surface area contributed by atoms with E-state index in [-0.39, 0.29) is 24.0 Å². The van der Waals surface area contributed by atoms with E-state index in [0.717, 1.165) is 32.1 Å².